The van der Waals surface area contributed by atoms with Crippen molar-refractivity contribution in [1.82, 2.24) is 0 Å². The fourth-order valence-corrected chi connectivity index (χ4v) is 6.91. The van der Waals surface area contributed by atoms with E-state index in [0.717, 1.165) is 96.3 Å². The fourth-order valence-electron chi connectivity index (χ4n) is 6.15. The maximum atomic E-state index is 12.6. The maximum Gasteiger partial charge on any atom is 0.472 e. The van der Waals surface area contributed by atoms with Gasteiger partial charge in [-0.05, 0) is 109 Å². The molecule has 0 radical (unpaired) electrons. The Bertz CT molecular complexity index is 1470. The van der Waals surface area contributed by atoms with Gasteiger partial charge in [-0.2, -0.15) is 0 Å². The standard InChI is InChI=1S/C55H90NO8P/c1-3-5-7-9-11-13-15-17-19-21-22-23-24-25-26-27-28-29-30-32-34-36-38-40-42-44-46-48-55(58)64-53(52-63-65(59,60)62-50-49-56)51-61-54(57)47-45-43-41-39-37-35-33-31-20-18-16-14-12-10-8-6-4-2/h5,7,11-14,17-20,22-23,25-26,28-29,32,34,38,40,53H,3-4,6,8-10,15-16,21,24,27,30-31,33,35-37,39,41-52,56H2,1-2H3,(H,59,60)/b7-5-,13-11-,14-12-,19-17-,20-18-,23-22-,26-25-,29-28-,34-32-,40-38-. The number of esters is 2. The highest BCUT2D eigenvalue weighted by atomic mass is 31.2. The minimum atomic E-state index is -4.41. The van der Waals surface area contributed by atoms with Gasteiger partial charge in [0.05, 0.1) is 13.2 Å². The van der Waals surface area contributed by atoms with Gasteiger partial charge in [-0.15, -0.1) is 0 Å². The smallest absolute Gasteiger partial charge is 0.462 e. The molecule has 0 aromatic rings. The number of carbonyl (C=O) groups excluding carboxylic acids is 2. The lowest BCUT2D eigenvalue weighted by atomic mass is 10.1. The van der Waals surface area contributed by atoms with Gasteiger partial charge in [0.1, 0.15) is 6.61 Å². The Balaban J connectivity index is 4.22. The van der Waals surface area contributed by atoms with Crippen LogP contribution < -0.4 is 5.73 Å². The molecule has 0 spiro atoms. The summed E-state index contributed by atoms with van der Waals surface area (Å²) in [6.07, 6.45) is 68.1. The first-order valence-electron chi connectivity index (χ1n) is 25.0. The number of carbonyl (C=O) groups is 2. The molecule has 368 valence electrons. The zero-order valence-electron chi connectivity index (χ0n) is 40.7. The number of phosphoric ester groups is 1. The lowest BCUT2D eigenvalue weighted by Gasteiger charge is -2.19. The Labute approximate surface area is 396 Å². The van der Waals surface area contributed by atoms with Crippen LogP contribution in [0.4, 0.5) is 0 Å². The monoisotopic (exact) mass is 924 g/mol. The van der Waals surface area contributed by atoms with E-state index in [1.54, 1.807) is 0 Å². The van der Waals surface area contributed by atoms with Gasteiger partial charge >= 0.3 is 19.8 Å². The highest BCUT2D eigenvalue weighted by Crippen LogP contribution is 2.43. The molecule has 9 nitrogen and oxygen atoms in total. The van der Waals surface area contributed by atoms with Crippen LogP contribution in [0.5, 0.6) is 0 Å². The molecule has 65 heavy (non-hydrogen) atoms. The quantitative estimate of drug-likeness (QED) is 0.0265. The topological polar surface area (TPSA) is 134 Å². The molecule has 2 atom stereocenters. The molecule has 2 unspecified atom stereocenters. The molecule has 0 rings (SSSR count). The molecule has 0 aliphatic carbocycles. The minimum Gasteiger partial charge on any atom is -0.462 e. The van der Waals surface area contributed by atoms with Gasteiger partial charge in [0.25, 0.3) is 0 Å². The van der Waals surface area contributed by atoms with E-state index in [0.29, 0.717) is 12.8 Å². The van der Waals surface area contributed by atoms with Crippen LogP contribution in [0.25, 0.3) is 0 Å². The van der Waals surface area contributed by atoms with Crippen molar-refractivity contribution in [3.8, 4) is 0 Å². The summed E-state index contributed by atoms with van der Waals surface area (Å²) >= 11 is 0. The molecule has 0 aliphatic heterocycles. The van der Waals surface area contributed by atoms with Gasteiger partial charge in [0.2, 0.25) is 0 Å². The van der Waals surface area contributed by atoms with E-state index in [4.69, 9.17) is 24.3 Å². The number of phosphoric acid groups is 1. The van der Waals surface area contributed by atoms with Crippen molar-refractivity contribution in [2.45, 2.75) is 187 Å². The molecule has 0 bridgehead atoms. The van der Waals surface area contributed by atoms with Crippen molar-refractivity contribution in [3.05, 3.63) is 122 Å². The van der Waals surface area contributed by atoms with Gasteiger partial charge in [0, 0.05) is 19.4 Å². The zero-order chi connectivity index (χ0) is 47.4. The molecule has 0 saturated heterocycles. The van der Waals surface area contributed by atoms with Crippen molar-refractivity contribution < 1.29 is 37.6 Å². The highest BCUT2D eigenvalue weighted by Gasteiger charge is 2.26. The predicted octanol–water partition coefficient (Wildman–Crippen LogP) is 15.3. The van der Waals surface area contributed by atoms with Gasteiger partial charge in [-0.3, -0.25) is 18.6 Å². The molecule has 0 aliphatic rings. The Morgan fingerprint density at radius 1 is 0.477 bits per heavy atom. The largest absolute Gasteiger partial charge is 0.472 e. The number of nitrogens with two attached hydrogens (primary N) is 1. The Morgan fingerprint density at radius 3 is 1.29 bits per heavy atom. The minimum absolute atomic E-state index is 0.0378. The molecule has 3 N–H and O–H groups in total. The molecule has 0 heterocycles. The third-order valence-corrected chi connectivity index (χ3v) is 10.8. The summed E-state index contributed by atoms with van der Waals surface area (Å²) in [4.78, 5) is 35.0. The maximum absolute atomic E-state index is 12.6. The summed E-state index contributed by atoms with van der Waals surface area (Å²) in [7, 11) is -4.41. The summed E-state index contributed by atoms with van der Waals surface area (Å²) in [5, 5.41) is 0. The first-order valence-corrected chi connectivity index (χ1v) is 26.5. The second kappa shape index (κ2) is 49.8. The molecular formula is C55H90NO8P. The first-order chi connectivity index (χ1) is 31.8. The average molecular weight is 924 g/mol. The molecule has 0 fully saturated rings. The molecule has 0 aromatic carbocycles. The summed E-state index contributed by atoms with van der Waals surface area (Å²) in [6, 6.07) is 0. The molecule has 10 heteroatoms. The van der Waals surface area contributed by atoms with Crippen LogP contribution in [-0.4, -0.2) is 49.3 Å². The van der Waals surface area contributed by atoms with Crippen LogP contribution >= 0.6 is 7.82 Å². The second-order valence-corrected chi connectivity index (χ2v) is 17.4. The summed E-state index contributed by atoms with van der Waals surface area (Å²) in [5.74, 6) is -0.900. The first kappa shape index (κ1) is 61.4. The van der Waals surface area contributed by atoms with Crippen molar-refractivity contribution in [2.24, 2.45) is 5.73 Å². The fraction of sp³-hybridized carbons (Fsp3) is 0.600. The Morgan fingerprint density at radius 2 is 0.846 bits per heavy atom. The third-order valence-electron chi connectivity index (χ3n) is 9.83. The molecular weight excluding hydrogens is 834 g/mol. The van der Waals surface area contributed by atoms with E-state index in [1.807, 2.05) is 0 Å². The van der Waals surface area contributed by atoms with Crippen LogP contribution in [0.3, 0.4) is 0 Å². The lowest BCUT2D eigenvalue weighted by Crippen LogP contribution is -2.29. The van der Waals surface area contributed by atoms with Gasteiger partial charge in [-0.25, -0.2) is 4.57 Å². The third kappa shape index (κ3) is 49.7. The molecule has 0 aromatic heterocycles. The van der Waals surface area contributed by atoms with E-state index >= 15 is 0 Å². The average Bonchev–Trinajstić information content (AvgIpc) is 3.30. The molecule has 0 amide bonds. The van der Waals surface area contributed by atoms with Crippen LogP contribution in [0, 0.1) is 0 Å². The van der Waals surface area contributed by atoms with Crippen LogP contribution in [0.1, 0.15) is 181 Å². The van der Waals surface area contributed by atoms with Crippen molar-refractivity contribution in [2.75, 3.05) is 26.4 Å². The van der Waals surface area contributed by atoms with Gasteiger partial charge in [-0.1, -0.05) is 180 Å². The van der Waals surface area contributed by atoms with Crippen molar-refractivity contribution >= 4 is 19.8 Å². The number of unbranched alkanes of at least 4 members (excludes halogenated alkanes) is 12. The Kier molecular flexibility index (Phi) is 47.1. The number of ether oxygens (including phenoxy) is 2. The summed E-state index contributed by atoms with van der Waals surface area (Å²) in [6.45, 7) is 3.51. The number of hydrogen-bond acceptors (Lipinski definition) is 8. The molecule has 0 saturated carbocycles. The zero-order valence-corrected chi connectivity index (χ0v) is 41.6. The number of hydrogen-bond donors (Lipinski definition) is 2. The van der Waals surface area contributed by atoms with Gasteiger partial charge in [0.15, 0.2) is 6.10 Å². The van der Waals surface area contributed by atoms with Crippen LogP contribution in [0.2, 0.25) is 0 Å². The van der Waals surface area contributed by atoms with E-state index in [2.05, 4.69) is 135 Å². The SMILES string of the molecule is CC/C=C\C/C=C\C/C=C\C/C=C\C/C=C\C/C=C\C/C=C\C/C=C\CCCCC(=O)OC(COC(=O)CCCCCCCCC/C=C\C/C=C\CCCCC)COP(=O)(O)OCCN. The highest BCUT2D eigenvalue weighted by molar-refractivity contribution is 7.47. The van der Waals surface area contributed by atoms with E-state index in [-0.39, 0.29) is 32.6 Å². The van der Waals surface area contributed by atoms with E-state index in [1.165, 1.54) is 44.9 Å². The van der Waals surface area contributed by atoms with Crippen LogP contribution in [-0.2, 0) is 32.7 Å². The second-order valence-electron chi connectivity index (χ2n) is 15.9. The number of rotatable bonds is 45. The van der Waals surface area contributed by atoms with Crippen LogP contribution in [0.15, 0.2) is 122 Å². The lowest BCUT2D eigenvalue weighted by molar-refractivity contribution is -0.161. The summed E-state index contributed by atoms with van der Waals surface area (Å²) in [5.41, 5.74) is 5.36. The van der Waals surface area contributed by atoms with Gasteiger partial charge < -0.3 is 20.1 Å². The van der Waals surface area contributed by atoms with E-state index in [9.17, 15) is 19.0 Å². The van der Waals surface area contributed by atoms with Crippen molar-refractivity contribution in [1.29, 1.82) is 0 Å². The Hall–Kier alpha value is -3.59. The number of allylic oxidation sites excluding steroid dienone is 20. The predicted molar refractivity (Wildman–Crippen MR) is 274 cm³/mol. The summed E-state index contributed by atoms with van der Waals surface area (Å²) < 4.78 is 32.8. The van der Waals surface area contributed by atoms with Crippen molar-refractivity contribution in [3.63, 3.8) is 0 Å². The normalized spacial score (nSPS) is 14.2. The van der Waals surface area contributed by atoms with E-state index < -0.39 is 32.5 Å².